The minimum Gasteiger partial charge on any atom is -0.496 e. The Bertz CT molecular complexity index is 1330. The molecule has 0 radical (unpaired) electrons. The number of hydrogen-bond acceptors (Lipinski definition) is 6. The Morgan fingerprint density at radius 3 is 2.58 bits per heavy atom. The molecular formula is C22H20FN7O3. The van der Waals surface area contributed by atoms with Gasteiger partial charge >= 0.3 is 6.03 Å². The number of hydrogen-bond donors (Lipinski definition) is 5. The minimum absolute atomic E-state index is 0.192. The molecule has 0 spiro atoms. The number of anilines is 4. The number of aromatic amines is 1. The molecule has 0 unspecified atom stereocenters. The molecule has 2 heterocycles. The van der Waals surface area contributed by atoms with Crippen molar-refractivity contribution in [2.24, 2.45) is 0 Å². The van der Waals surface area contributed by atoms with Gasteiger partial charge in [0.05, 0.1) is 35.8 Å². The van der Waals surface area contributed by atoms with Crippen molar-refractivity contribution >= 4 is 45.6 Å². The zero-order chi connectivity index (χ0) is 23.4. The van der Waals surface area contributed by atoms with Crippen molar-refractivity contribution in [3.63, 3.8) is 0 Å². The SMILES string of the molecule is CNC(=O)c1cc2nccc(Nc3ccc(NC(=O)Nc4cn[nH]c4)cc3F)c2cc1OC. The molecule has 0 aliphatic rings. The van der Waals surface area contributed by atoms with E-state index in [1.807, 2.05) is 0 Å². The maximum atomic E-state index is 14.8. The van der Waals surface area contributed by atoms with Gasteiger partial charge in [-0.2, -0.15) is 5.10 Å². The Balaban J connectivity index is 1.57. The van der Waals surface area contributed by atoms with Crippen molar-refractivity contribution in [2.45, 2.75) is 0 Å². The lowest BCUT2D eigenvalue weighted by molar-refractivity contribution is 0.0960. The van der Waals surface area contributed by atoms with Crippen LogP contribution in [-0.2, 0) is 0 Å². The number of rotatable bonds is 6. The summed E-state index contributed by atoms with van der Waals surface area (Å²) in [7, 11) is 2.99. The Morgan fingerprint density at radius 1 is 1.06 bits per heavy atom. The normalized spacial score (nSPS) is 10.5. The van der Waals surface area contributed by atoms with Gasteiger partial charge in [0.25, 0.3) is 5.91 Å². The predicted molar refractivity (Wildman–Crippen MR) is 123 cm³/mol. The van der Waals surface area contributed by atoms with Crippen molar-refractivity contribution in [2.75, 3.05) is 30.1 Å². The van der Waals surface area contributed by atoms with Crippen LogP contribution in [0.2, 0.25) is 0 Å². The molecule has 0 fully saturated rings. The maximum absolute atomic E-state index is 14.8. The molecule has 168 valence electrons. The fraction of sp³-hybridized carbons (Fsp3) is 0.0909. The Labute approximate surface area is 187 Å². The maximum Gasteiger partial charge on any atom is 0.323 e. The molecule has 0 saturated heterocycles. The summed E-state index contributed by atoms with van der Waals surface area (Å²) in [5, 5.41) is 17.7. The molecule has 11 heteroatoms. The van der Waals surface area contributed by atoms with Gasteiger partial charge in [-0.1, -0.05) is 0 Å². The molecule has 0 aliphatic heterocycles. The molecular weight excluding hydrogens is 429 g/mol. The topological polar surface area (TPSA) is 133 Å². The first kappa shape index (κ1) is 21.6. The smallest absolute Gasteiger partial charge is 0.323 e. The summed E-state index contributed by atoms with van der Waals surface area (Å²) in [4.78, 5) is 28.5. The van der Waals surface area contributed by atoms with Crippen molar-refractivity contribution in [1.29, 1.82) is 0 Å². The number of H-pyrrole nitrogens is 1. The third-order valence-corrected chi connectivity index (χ3v) is 4.79. The van der Waals surface area contributed by atoms with Crippen LogP contribution in [0.5, 0.6) is 5.75 Å². The van der Waals surface area contributed by atoms with Crippen LogP contribution in [0, 0.1) is 5.82 Å². The van der Waals surface area contributed by atoms with E-state index in [4.69, 9.17) is 4.74 Å². The van der Waals surface area contributed by atoms with Crippen molar-refractivity contribution in [3.05, 3.63) is 66.4 Å². The van der Waals surface area contributed by atoms with Crippen LogP contribution in [0.15, 0.2) is 55.0 Å². The number of ether oxygens (including phenoxy) is 1. The van der Waals surface area contributed by atoms with Gasteiger partial charge in [0, 0.05) is 36.2 Å². The van der Waals surface area contributed by atoms with E-state index in [0.29, 0.717) is 33.6 Å². The highest BCUT2D eigenvalue weighted by Crippen LogP contribution is 2.32. The fourth-order valence-electron chi connectivity index (χ4n) is 3.21. The first-order valence-corrected chi connectivity index (χ1v) is 9.80. The minimum atomic E-state index is -0.574. The number of carbonyl (C=O) groups excluding carboxylic acids is 2. The van der Waals surface area contributed by atoms with Gasteiger partial charge in [0.1, 0.15) is 11.6 Å². The van der Waals surface area contributed by atoms with Crippen LogP contribution in [-0.4, -0.2) is 41.3 Å². The van der Waals surface area contributed by atoms with Crippen LogP contribution in [0.25, 0.3) is 10.9 Å². The fourth-order valence-corrected chi connectivity index (χ4v) is 3.21. The summed E-state index contributed by atoms with van der Waals surface area (Å²) in [6.07, 6.45) is 4.51. The number of urea groups is 1. The second-order valence-corrected chi connectivity index (χ2v) is 6.89. The quantitative estimate of drug-likeness (QED) is 0.304. The zero-order valence-corrected chi connectivity index (χ0v) is 17.7. The van der Waals surface area contributed by atoms with Gasteiger partial charge in [-0.15, -0.1) is 0 Å². The van der Waals surface area contributed by atoms with E-state index in [9.17, 15) is 14.0 Å². The predicted octanol–water partition coefficient (Wildman–Crippen LogP) is 3.85. The number of halogens is 1. The Hall–Kier alpha value is -4.67. The van der Waals surface area contributed by atoms with Gasteiger partial charge in [-0.3, -0.25) is 14.9 Å². The molecule has 33 heavy (non-hydrogen) atoms. The van der Waals surface area contributed by atoms with Crippen LogP contribution >= 0.6 is 0 Å². The largest absolute Gasteiger partial charge is 0.496 e. The molecule has 0 atom stereocenters. The number of carbonyl (C=O) groups is 2. The van der Waals surface area contributed by atoms with E-state index in [0.717, 1.165) is 0 Å². The van der Waals surface area contributed by atoms with Gasteiger partial charge in [0.15, 0.2) is 0 Å². The molecule has 4 aromatic rings. The molecule has 0 aliphatic carbocycles. The Kier molecular flexibility index (Phi) is 6.02. The second kappa shape index (κ2) is 9.22. The molecule has 5 N–H and O–H groups in total. The monoisotopic (exact) mass is 449 g/mol. The number of fused-ring (bicyclic) bond motifs is 1. The molecule has 0 bridgehead atoms. The van der Waals surface area contributed by atoms with E-state index in [-0.39, 0.29) is 17.3 Å². The van der Waals surface area contributed by atoms with E-state index < -0.39 is 11.8 Å². The van der Waals surface area contributed by atoms with Crippen molar-refractivity contribution in [3.8, 4) is 5.75 Å². The highest BCUT2D eigenvalue weighted by atomic mass is 19.1. The van der Waals surface area contributed by atoms with Crippen molar-refractivity contribution < 1.29 is 18.7 Å². The number of aromatic nitrogens is 3. The van der Waals surface area contributed by atoms with E-state index in [1.165, 1.54) is 38.7 Å². The summed E-state index contributed by atoms with van der Waals surface area (Å²) in [6.45, 7) is 0. The average Bonchev–Trinajstić information content (AvgIpc) is 3.32. The lowest BCUT2D eigenvalue weighted by atomic mass is 10.1. The summed E-state index contributed by atoms with van der Waals surface area (Å²) >= 11 is 0. The lowest BCUT2D eigenvalue weighted by Gasteiger charge is -2.14. The highest BCUT2D eigenvalue weighted by Gasteiger charge is 2.15. The standard InChI is InChI=1S/C22H20FN7O3/c1-24-21(31)15-8-19-14(9-20(15)33-2)17(5-6-25-19)30-18-4-3-12(7-16(18)23)28-22(32)29-13-10-26-27-11-13/h3-11H,1-2H3,(H,24,31)(H,25,30)(H,26,27)(H2,28,29,32). The number of nitrogens with zero attached hydrogens (tertiary/aromatic N) is 2. The summed E-state index contributed by atoms with van der Waals surface area (Å²) in [5.41, 5.74) is 2.39. The Morgan fingerprint density at radius 2 is 1.88 bits per heavy atom. The third kappa shape index (κ3) is 4.66. The molecule has 2 aromatic heterocycles. The van der Waals surface area contributed by atoms with Gasteiger partial charge in [-0.05, 0) is 36.4 Å². The highest BCUT2D eigenvalue weighted by molar-refractivity contribution is 6.03. The van der Waals surface area contributed by atoms with Crippen LogP contribution < -0.4 is 26.0 Å². The van der Waals surface area contributed by atoms with E-state index in [1.54, 1.807) is 30.5 Å². The second-order valence-electron chi connectivity index (χ2n) is 6.89. The zero-order valence-electron chi connectivity index (χ0n) is 17.7. The molecule has 10 nitrogen and oxygen atoms in total. The van der Waals surface area contributed by atoms with Gasteiger partial charge in [0.2, 0.25) is 0 Å². The van der Waals surface area contributed by atoms with Gasteiger partial charge in [-0.25, -0.2) is 9.18 Å². The van der Waals surface area contributed by atoms with Crippen LogP contribution in [0.1, 0.15) is 10.4 Å². The molecule has 0 saturated carbocycles. The number of nitrogens with one attached hydrogen (secondary N) is 5. The first-order valence-electron chi connectivity index (χ1n) is 9.80. The summed E-state index contributed by atoms with van der Waals surface area (Å²) in [6, 6.07) is 8.70. The lowest BCUT2D eigenvalue weighted by Crippen LogP contribution is -2.19. The third-order valence-electron chi connectivity index (χ3n) is 4.79. The number of pyridine rings is 1. The summed E-state index contributed by atoms with van der Waals surface area (Å²) in [5.74, 6) is -0.517. The number of amides is 3. The van der Waals surface area contributed by atoms with E-state index in [2.05, 4.69) is 36.4 Å². The van der Waals surface area contributed by atoms with Gasteiger partial charge < -0.3 is 26.0 Å². The molecule has 2 aromatic carbocycles. The average molecular weight is 449 g/mol. The number of benzene rings is 2. The van der Waals surface area contributed by atoms with Crippen LogP contribution in [0.4, 0.5) is 31.9 Å². The van der Waals surface area contributed by atoms with Crippen molar-refractivity contribution in [1.82, 2.24) is 20.5 Å². The number of methoxy groups -OCH3 is 1. The van der Waals surface area contributed by atoms with E-state index >= 15 is 0 Å². The van der Waals surface area contributed by atoms with Crippen LogP contribution in [0.3, 0.4) is 0 Å². The first-order chi connectivity index (χ1) is 16.0. The molecule has 4 rings (SSSR count). The summed E-state index contributed by atoms with van der Waals surface area (Å²) < 4.78 is 20.1. The molecule has 3 amide bonds.